The van der Waals surface area contributed by atoms with Gasteiger partial charge in [-0.2, -0.15) is 0 Å². The fraction of sp³-hybridized carbons (Fsp3) is 0.231. The molecule has 1 unspecified atom stereocenters. The van der Waals surface area contributed by atoms with E-state index >= 15 is 0 Å². The number of fused-ring (bicyclic) bond motifs is 1. The summed E-state index contributed by atoms with van der Waals surface area (Å²) in [5.74, 6) is 0.127. The quantitative estimate of drug-likeness (QED) is 0.761. The molecule has 0 aliphatic carbocycles. The number of phenols is 1. The Morgan fingerprint density at radius 2 is 1.94 bits per heavy atom. The molecule has 0 spiro atoms. The lowest BCUT2D eigenvalue weighted by Gasteiger charge is -2.13. The molecule has 0 aliphatic rings. The van der Waals surface area contributed by atoms with Crippen molar-refractivity contribution in [3.8, 4) is 5.75 Å². The van der Waals surface area contributed by atoms with Gasteiger partial charge < -0.3 is 14.9 Å². The molecule has 2 aromatic rings. The van der Waals surface area contributed by atoms with E-state index in [4.69, 9.17) is 4.74 Å². The summed E-state index contributed by atoms with van der Waals surface area (Å²) in [6, 6.07) is 9.03. The van der Waals surface area contributed by atoms with Gasteiger partial charge in [0, 0.05) is 12.7 Å². The fourth-order valence-electron chi connectivity index (χ4n) is 1.82. The van der Waals surface area contributed by atoms with Crippen LogP contribution in [0.15, 0.2) is 30.3 Å². The summed E-state index contributed by atoms with van der Waals surface area (Å²) in [6.07, 6.45) is -1.02. The lowest BCUT2D eigenvalue weighted by molar-refractivity contribution is -0.0759. The molecule has 0 radical (unpaired) electrons. The van der Waals surface area contributed by atoms with Crippen LogP contribution in [-0.2, 0) is 4.74 Å². The molecule has 2 aromatic carbocycles. The molecular weight excluding hydrogens is 204 g/mol. The Morgan fingerprint density at radius 3 is 2.62 bits per heavy atom. The summed E-state index contributed by atoms with van der Waals surface area (Å²) >= 11 is 0. The molecule has 3 heteroatoms. The Morgan fingerprint density at radius 1 is 1.19 bits per heavy atom. The number of methoxy groups -OCH3 is 1. The molecule has 0 saturated carbocycles. The van der Waals surface area contributed by atoms with Gasteiger partial charge in [-0.25, -0.2) is 0 Å². The normalized spacial score (nSPS) is 12.9. The molecule has 2 rings (SSSR count). The zero-order valence-corrected chi connectivity index (χ0v) is 9.27. The van der Waals surface area contributed by atoms with E-state index in [0.717, 1.165) is 16.3 Å². The van der Waals surface area contributed by atoms with Crippen molar-refractivity contribution in [2.45, 2.75) is 13.2 Å². The monoisotopic (exact) mass is 218 g/mol. The van der Waals surface area contributed by atoms with Crippen LogP contribution in [0.3, 0.4) is 0 Å². The molecule has 0 bridgehead atoms. The van der Waals surface area contributed by atoms with Crippen LogP contribution >= 0.6 is 0 Å². The molecular formula is C13H14O3. The highest BCUT2D eigenvalue weighted by Crippen LogP contribution is 2.30. The smallest absolute Gasteiger partial charge is 0.181 e. The maximum absolute atomic E-state index is 9.71. The Hall–Kier alpha value is -1.58. The third-order valence-electron chi connectivity index (χ3n) is 2.62. The standard InChI is InChI=1S/C13H14O3/c1-8-3-4-9-6-10(14)7-12(11(9)5-8)13(15)16-2/h3-7,13-15H,1-2H3. The van der Waals surface area contributed by atoms with Gasteiger partial charge in [-0.1, -0.05) is 23.8 Å². The van der Waals surface area contributed by atoms with E-state index in [0.29, 0.717) is 5.56 Å². The highest BCUT2D eigenvalue weighted by molar-refractivity contribution is 5.88. The number of phenolic OH excluding ortho intramolecular Hbond substituents is 1. The molecule has 0 aliphatic heterocycles. The second kappa shape index (κ2) is 4.12. The summed E-state index contributed by atoms with van der Waals surface area (Å²) in [4.78, 5) is 0. The van der Waals surface area contributed by atoms with E-state index in [1.54, 1.807) is 6.07 Å². The van der Waals surface area contributed by atoms with Gasteiger partial charge >= 0.3 is 0 Å². The van der Waals surface area contributed by atoms with E-state index in [1.165, 1.54) is 13.2 Å². The van der Waals surface area contributed by atoms with Gasteiger partial charge in [0.15, 0.2) is 6.29 Å². The van der Waals surface area contributed by atoms with Crippen LogP contribution in [0.4, 0.5) is 0 Å². The third kappa shape index (κ3) is 1.87. The fourth-order valence-corrected chi connectivity index (χ4v) is 1.82. The SMILES string of the molecule is COC(O)c1cc(O)cc2ccc(C)cc12. The van der Waals surface area contributed by atoms with Crippen molar-refractivity contribution in [2.24, 2.45) is 0 Å². The predicted molar refractivity (Wildman–Crippen MR) is 62.3 cm³/mol. The molecule has 16 heavy (non-hydrogen) atoms. The van der Waals surface area contributed by atoms with Crippen LogP contribution in [0.5, 0.6) is 5.75 Å². The number of aryl methyl sites for hydroxylation is 1. The van der Waals surface area contributed by atoms with Gasteiger partial charge in [0.25, 0.3) is 0 Å². The number of aromatic hydroxyl groups is 1. The number of aliphatic hydroxyl groups excluding tert-OH is 1. The van der Waals surface area contributed by atoms with E-state index in [-0.39, 0.29) is 5.75 Å². The first-order valence-corrected chi connectivity index (χ1v) is 5.06. The van der Waals surface area contributed by atoms with Gasteiger partial charge in [0.05, 0.1) is 0 Å². The Kier molecular flexibility index (Phi) is 2.81. The van der Waals surface area contributed by atoms with Gasteiger partial charge in [-0.3, -0.25) is 0 Å². The van der Waals surface area contributed by atoms with Gasteiger partial charge in [0.2, 0.25) is 0 Å². The van der Waals surface area contributed by atoms with Crippen molar-refractivity contribution >= 4 is 10.8 Å². The molecule has 1 atom stereocenters. The highest BCUT2D eigenvalue weighted by Gasteiger charge is 2.11. The number of rotatable bonds is 2. The van der Waals surface area contributed by atoms with E-state index in [9.17, 15) is 10.2 Å². The lowest BCUT2D eigenvalue weighted by Crippen LogP contribution is -2.00. The second-order valence-electron chi connectivity index (χ2n) is 3.85. The number of aliphatic hydroxyl groups is 1. The Labute approximate surface area is 93.9 Å². The summed E-state index contributed by atoms with van der Waals surface area (Å²) in [7, 11) is 1.43. The van der Waals surface area contributed by atoms with Gasteiger partial charge in [0.1, 0.15) is 5.75 Å². The average molecular weight is 218 g/mol. The second-order valence-corrected chi connectivity index (χ2v) is 3.85. The van der Waals surface area contributed by atoms with Gasteiger partial charge in [-0.15, -0.1) is 0 Å². The first-order valence-electron chi connectivity index (χ1n) is 5.06. The summed E-state index contributed by atoms with van der Waals surface area (Å²) in [6.45, 7) is 1.98. The van der Waals surface area contributed by atoms with E-state index in [1.807, 2.05) is 25.1 Å². The van der Waals surface area contributed by atoms with Crippen LogP contribution in [0.1, 0.15) is 17.4 Å². The zero-order valence-electron chi connectivity index (χ0n) is 9.27. The van der Waals surface area contributed by atoms with Crippen LogP contribution in [0.2, 0.25) is 0 Å². The number of hydrogen-bond acceptors (Lipinski definition) is 3. The molecule has 0 fully saturated rings. The number of ether oxygens (including phenoxy) is 1. The van der Waals surface area contributed by atoms with Crippen LogP contribution < -0.4 is 0 Å². The molecule has 84 valence electrons. The lowest BCUT2D eigenvalue weighted by atomic mass is 10.0. The van der Waals surface area contributed by atoms with Crippen molar-refractivity contribution in [3.05, 3.63) is 41.5 Å². The van der Waals surface area contributed by atoms with Gasteiger partial charge in [-0.05, 0) is 29.8 Å². The molecule has 3 nitrogen and oxygen atoms in total. The zero-order chi connectivity index (χ0) is 11.7. The molecule has 2 N–H and O–H groups in total. The van der Waals surface area contributed by atoms with Crippen LogP contribution in [0, 0.1) is 6.92 Å². The minimum Gasteiger partial charge on any atom is -0.508 e. The van der Waals surface area contributed by atoms with E-state index in [2.05, 4.69) is 0 Å². The topological polar surface area (TPSA) is 49.7 Å². The third-order valence-corrected chi connectivity index (χ3v) is 2.62. The number of benzene rings is 2. The van der Waals surface area contributed by atoms with Crippen LogP contribution in [-0.4, -0.2) is 17.3 Å². The average Bonchev–Trinajstić information content (AvgIpc) is 2.27. The Balaban J connectivity index is 2.74. The predicted octanol–water partition coefficient (Wildman–Crippen LogP) is 2.49. The molecule has 0 heterocycles. The first-order chi connectivity index (χ1) is 7.61. The highest BCUT2D eigenvalue weighted by atomic mass is 16.6. The Bertz CT molecular complexity index is 520. The van der Waals surface area contributed by atoms with E-state index < -0.39 is 6.29 Å². The van der Waals surface area contributed by atoms with Crippen LogP contribution in [0.25, 0.3) is 10.8 Å². The molecule has 0 aromatic heterocycles. The number of hydrogen-bond donors (Lipinski definition) is 2. The molecule has 0 amide bonds. The molecule has 0 saturated heterocycles. The summed E-state index contributed by atoms with van der Waals surface area (Å²) in [5, 5.41) is 21.0. The first kappa shape index (κ1) is 10.9. The summed E-state index contributed by atoms with van der Waals surface area (Å²) in [5.41, 5.74) is 1.68. The minimum absolute atomic E-state index is 0.127. The largest absolute Gasteiger partial charge is 0.508 e. The van der Waals surface area contributed by atoms with Crippen molar-refractivity contribution in [1.82, 2.24) is 0 Å². The summed E-state index contributed by atoms with van der Waals surface area (Å²) < 4.78 is 4.88. The minimum atomic E-state index is -1.02. The van der Waals surface area contributed by atoms with Crippen molar-refractivity contribution < 1.29 is 14.9 Å². The van der Waals surface area contributed by atoms with Crippen molar-refractivity contribution in [1.29, 1.82) is 0 Å². The van der Waals surface area contributed by atoms with Crippen molar-refractivity contribution in [3.63, 3.8) is 0 Å². The van der Waals surface area contributed by atoms with Crippen molar-refractivity contribution in [2.75, 3.05) is 7.11 Å². The maximum Gasteiger partial charge on any atom is 0.181 e. The maximum atomic E-state index is 9.71.